The van der Waals surface area contributed by atoms with E-state index in [0.717, 1.165) is 24.9 Å². The fourth-order valence-corrected chi connectivity index (χ4v) is 3.10. The quantitative estimate of drug-likeness (QED) is 0.803. The smallest absolute Gasteiger partial charge is 0.254 e. The monoisotopic (exact) mass is 279 g/mol. The number of carbonyl (C=O) groups is 1. The van der Waals surface area contributed by atoms with Crippen LogP contribution in [0.4, 0.5) is 0 Å². The van der Waals surface area contributed by atoms with Crippen LogP contribution in [-0.4, -0.2) is 17.4 Å². The molecule has 2 aromatic rings. The molecule has 1 amide bonds. The first-order valence-corrected chi connectivity index (χ1v) is 7.59. The Hall–Kier alpha value is -2.09. The largest absolute Gasteiger partial charge is 0.332 e. The molecule has 1 fully saturated rings. The minimum absolute atomic E-state index is 0.152. The highest BCUT2D eigenvalue weighted by Gasteiger charge is 2.30. The number of benzene rings is 2. The maximum Gasteiger partial charge on any atom is 0.254 e. The third kappa shape index (κ3) is 2.85. The van der Waals surface area contributed by atoms with Gasteiger partial charge >= 0.3 is 0 Å². The van der Waals surface area contributed by atoms with Gasteiger partial charge in [0.15, 0.2) is 0 Å². The Labute approximate surface area is 126 Å². The Kier molecular flexibility index (Phi) is 3.78. The lowest BCUT2D eigenvalue weighted by atomic mass is 10.0. The molecule has 1 saturated heterocycles. The van der Waals surface area contributed by atoms with Gasteiger partial charge in [-0.3, -0.25) is 4.79 Å². The van der Waals surface area contributed by atoms with Crippen molar-refractivity contribution in [3.05, 3.63) is 70.8 Å². The molecule has 0 unspecified atom stereocenters. The number of nitrogens with zero attached hydrogens (tertiary/aromatic N) is 1. The van der Waals surface area contributed by atoms with Gasteiger partial charge in [0.25, 0.3) is 5.91 Å². The minimum atomic E-state index is 0.152. The maximum atomic E-state index is 12.8. The number of likely N-dealkylation sites (tertiary alicyclic amines) is 1. The SMILES string of the molecule is Cc1ccc(C(=O)N2CCC[C@H]2c2cccc(C)c2)cc1. The number of rotatable bonds is 2. The summed E-state index contributed by atoms with van der Waals surface area (Å²) in [4.78, 5) is 14.8. The fourth-order valence-electron chi connectivity index (χ4n) is 3.10. The van der Waals surface area contributed by atoms with Crippen LogP contribution >= 0.6 is 0 Å². The standard InChI is InChI=1S/C19H21NO/c1-14-8-10-16(11-9-14)19(21)20-12-4-7-18(20)17-6-3-5-15(2)13-17/h3,5-6,8-11,13,18H,4,7,12H2,1-2H3/t18-/m0/s1. The van der Waals surface area contributed by atoms with Crippen molar-refractivity contribution in [1.82, 2.24) is 4.90 Å². The molecule has 1 aliphatic rings. The van der Waals surface area contributed by atoms with Gasteiger partial charge in [-0.15, -0.1) is 0 Å². The van der Waals surface area contributed by atoms with Crippen LogP contribution in [0, 0.1) is 13.8 Å². The summed E-state index contributed by atoms with van der Waals surface area (Å²) in [6.07, 6.45) is 2.14. The van der Waals surface area contributed by atoms with Crippen LogP contribution in [0.15, 0.2) is 48.5 Å². The van der Waals surface area contributed by atoms with Crippen LogP contribution in [0.3, 0.4) is 0 Å². The van der Waals surface area contributed by atoms with E-state index in [-0.39, 0.29) is 11.9 Å². The van der Waals surface area contributed by atoms with E-state index in [4.69, 9.17) is 0 Å². The number of amides is 1. The first-order valence-electron chi connectivity index (χ1n) is 7.59. The lowest BCUT2D eigenvalue weighted by Gasteiger charge is -2.25. The van der Waals surface area contributed by atoms with Crippen LogP contribution < -0.4 is 0 Å². The molecular formula is C19H21NO. The first-order chi connectivity index (χ1) is 10.1. The lowest BCUT2D eigenvalue weighted by molar-refractivity contribution is 0.0735. The molecule has 0 spiro atoms. The summed E-state index contributed by atoms with van der Waals surface area (Å²) in [7, 11) is 0. The summed E-state index contributed by atoms with van der Waals surface area (Å²) in [5.41, 5.74) is 4.48. The summed E-state index contributed by atoms with van der Waals surface area (Å²) in [6, 6.07) is 16.6. The maximum absolute atomic E-state index is 12.8. The Morgan fingerprint density at radius 2 is 1.81 bits per heavy atom. The summed E-state index contributed by atoms with van der Waals surface area (Å²) in [6.45, 7) is 5.00. The molecule has 1 atom stereocenters. The fraction of sp³-hybridized carbons (Fsp3) is 0.316. The van der Waals surface area contributed by atoms with E-state index in [1.54, 1.807) is 0 Å². The van der Waals surface area contributed by atoms with Crippen LogP contribution in [0.1, 0.15) is 45.9 Å². The topological polar surface area (TPSA) is 20.3 Å². The molecule has 0 bridgehead atoms. The highest BCUT2D eigenvalue weighted by Crippen LogP contribution is 2.33. The Morgan fingerprint density at radius 1 is 1.05 bits per heavy atom. The average Bonchev–Trinajstić information content (AvgIpc) is 2.97. The molecule has 108 valence electrons. The molecule has 0 aromatic heterocycles. The van der Waals surface area contributed by atoms with Crippen molar-refractivity contribution < 1.29 is 4.79 Å². The van der Waals surface area contributed by atoms with Crippen molar-refractivity contribution in [1.29, 1.82) is 0 Å². The second-order valence-corrected chi connectivity index (χ2v) is 5.94. The van der Waals surface area contributed by atoms with Gasteiger partial charge in [-0.2, -0.15) is 0 Å². The van der Waals surface area contributed by atoms with Gasteiger partial charge < -0.3 is 4.90 Å². The van der Waals surface area contributed by atoms with Gasteiger partial charge in [0, 0.05) is 12.1 Å². The molecule has 0 N–H and O–H groups in total. The highest BCUT2D eigenvalue weighted by atomic mass is 16.2. The second-order valence-electron chi connectivity index (χ2n) is 5.94. The second kappa shape index (κ2) is 5.72. The zero-order valence-corrected chi connectivity index (χ0v) is 12.7. The summed E-state index contributed by atoms with van der Waals surface area (Å²) < 4.78 is 0. The van der Waals surface area contributed by atoms with Crippen LogP contribution in [0.5, 0.6) is 0 Å². The van der Waals surface area contributed by atoms with Gasteiger partial charge in [0.2, 0.25) is 0 Å². The van der Waals surface area contributed by atoms with E-state index < -0.39 is 0 Å². The van der Waals surface area contributed by atoms with Crippen molar-refractivity contribution in [2.24, 2.45) is 0 Å². The molecule has 0 aliphatic carbocycles. The summed E-state index contributed by atoms with van der Waals surface area (Å²) in [5.74, 6) is 0.152. The molecule has 0 saturated carbocycles. The van der Waals surface area contributed by atoms with Crippen molar-refractivity contribution in [3.63, 3.8) is 0 Å². The third-order valence-corrected chi connectivity index (χ3v) is 4.24. The number of carbonyl (C=O) groups excluding carboxylic acids is 1. The number of hydrogen-bond donors (Lipinski definition) is 0. The van der Waals surface area contributed by atoms with Gasteiger partial charge in [-0.25, -0.2) is 0 Å². The van der Waals surface area contributed by atoms with E-state index in [2.05, 4.69) is 31.2 Å². The Balaban J connectivity index is 1.87. The number of hydrogen-bond acceptors (Lipinski definition) is 1. The van der Waals surface area contributed by atoms with Gasteiger partial charge in [-0.05, 0) is 44.4 Å². The molecule has 1 aliphatic heterocycles. The third-order valence-electron chi connectivity index (χ3n) is 4.24. The van der Waals surface area contributed by atoms with Gasteiger partial charge in [0.1, 0.15) is 0 Å². The molecular weight excluding hydrogens is 258 g/mol. The molecule has 2 heteroatoms. The highest BCUT2D eigenvalue weighted by molar-refractivity contribution is 5.94. The van der Waals surface area contributed by atoms with Crippen molar-refractivity contribution in [2.45, 2.75) is 32.7 Å². The van der Waals surface area contributed by atoms with E-state index in [1.165, 1.54) is 16.7 Å². The van der Waals surface area contributed by atoms with E-state index in [1.807, 2.05) is 36.1 Å². The summed E-state index contributed by atoms with van der Waals surface area (Å²) in [5, 5.41) is 0. The zero-order valence-electron chi connectivity index (χ0n) is 12.7. The normalized spacial score (nSPS) is 18.0. The van der Waals surface area contributed by atoms with Crippen molar-refractivity contribution >= 4 is 5.91 Å². The van der Waals surface area contributed by atoms with Crippen molar-refractivity contribution in [3.8, 4) is 0 Å². The number of aryl methyl sites for hydroxylation is 2. The lowest BCUT2D eigenvalue weighted by Crippen LogP contribution is -2.30. The molecule has 0 radical (unpaired) electrons. The van der Waals surface area contributed by atoms with E-state index in [0.29, 0.717) is 0 Å². The Morgan fingerprint density at radius 3 is 2.52 bits per heavy atom. The van der Waals surface area contributed by atoms with Crippen molar-refractivity contribution in [2.75, 3.05) is 6.54 Å². The van der Waals surface area contributed by atoms with Crippen LogP contribution in [0.2, 0.25) is 0 Å². The molecule has 3 rings (SSSR count). The zero-order chi connectivity index (χ0) is 14.8. The molecule has 2 aromatic carbocycles. The Bertz CT molecular complexity index is 645. The van der Waals surface area contributed by atoms with Gasteiger partial charge in [-0.1, -0.05) is 47.5 Å². The first kappa shape index (κ1) is 13.9. The van der Waals surface area contributed by atoms with Crippen LogP contribution in [0.25, 0.3) is 0 Å². The molecule has 2 nitrogen and oxygen atoms in total. The molecule has 1 heterocycles. The van der Waals surface area contributed by atoms with E-state index in [9.17, 15) is 4.79 Å². The van der Waals surface area contributed by atoms with Crippen LogP contribution in [-0.2, 0) is 0 Å². The molecule has 21 heavy (non-hydrogen) atoms. The predicted molar refractivity (Wildman–Crippen MR) is 85.4 cm³/mol. The van der Waals surface area contributed by atoms with E-state index >= 15 is 0 Å². The predicted octanol–water partition coefficient (Wildman–Crippen LogP) is 4.28. The average molecular weight is 279 g/mol. The summed E-state index contributed by atoms with van der Waals surface area (Å²) >= 11 is 0. The van der Waals surface area contributed by atoms with Gasteiger partial charge in [0.05, 0.1) is 6.04 Å². The minimum Gasteiger partial charge on any atom is -0.332 e.